The van der Waals surface area contributed by atoms with Crippen molar-refractivity contribution in [3.8, 4) is 0 Å². The zero-order valence-corrected chi connectivity index (χ0v) is 22.3. The summed E-state index contributed by atoms with van der Waals surface area (Å²) < 4.78 is 34.4. The van der Waals surface area contributed by atoms with E-state index in [0.717, 1.165) is 9.69 Å². The number of fused-ring (bicyclic) bond motifs is 1. The van der Waals surface area contributed by atoms with Gasteiger partial charge in [0.15, 0.2) is 5.78 Å². The van der Waals surface area contributed by atoms with Crippen LogP contribution in [0.5, 0.6) is 0 Å². The Hall–Kier alpha value is -2.57. The summed E-state index contributed by atoms with van der Waals surface area (Å²) in [6, 6.07) is 8.09. The van der Waals surface area contributed by atoms with Crippen LogP contribution in [0.1, 0.15) is 20.3 Å². The number of rotatable bonds is 9. The Morgan fingerprint density at radius 3 is 2.68 bits per heavy atom. The Morgan fingerprint density at radius 2 is 1.97 bits per heavy atom. The lowest BCUT2D eigenvalue weighted by atomic mass is 10.1. The van der Waals surface area contributed by atoms with Crippen LogP contribution in [0, 0.1) is 0 Å². The van der Waals surface area contributed by atoms with E-state index < -0.39 is 34.1 Å². The number of sulfonamides is 1. The number of nitrogens with zero attached hydrogens (tertiary/aromatic N) is 2. The van der Waals surface area contributed by atoms with E-state index in [4.69, 9.17) is 16.3 Å². The van der Waals surface area contributed by atoms with Gasteiger partial charge < -0.3 is 20.3 Å². The fraction of sp³-hybridized carbons (Fsp3) is 0.480. The highest BCUT2D eigenvalue weighted by Crippen LogP contribution is 2.29. The van der Waals surface area contributed by atoms with Gasteiger partial charge in [0.1, 0.15) is 12.1 Å². The van der Waals surface area contributed by atoms with E-state index in [1.54, 1.807) is 37.3 Å². The van der Waals surface area contributed by atoms with Crippen molar-refractivity contribution in [2.24, 2.45) is 0 Å². The highest BCUT2D eigenvalue weighted by Gasteiger charge is 2.45. The monoisotopic (exact) mass is 550 g/mol. The SMILES string of the molecule is CC(=O)NCCN([C@H]1CCN([C@@H](C)C(=O)C2CNCCO2)C1=O)S(=O)(=O)c1ccc2cc(Cl)ccc2c1. The number of ketones is 1. The lowest BCUT2D eigenvalue weighted by molar-refractivity contribution is -0.144. The molecule has 200 valence electrons. The number of Topliss-reactive ketones (excluding diaryl/α,β-unsaturated/α-hetero) is 1. The number of carbonyl (C=O) groups excluding carboxylic acids is 3. The Balaban J connectivity index is 1.60. The van der Waals surface area contributed by atoms with Crippen LogP contribution in [-0.2, 0) is 29.1 Å². The smallest absolute Gasteiger partial charge is 0.243 e. The van der Waals surface area contributed by atoms with Crippen molar-refractivity contribution in [3.63, 3.8) is 0 Å². The number of nitrogens with one attached hydrogen (secondary N) is 2. The predicted molar refractivity (Wildman–Crippen MR) is 139 cm³/mol. The van der Waals surface area contributed by atoms with Gasteiger partial charge in [-0.1, -0.05) is 23.7 Å². The molecular weight excluding hydrogens is 520 g/mol. The molecule has 0 aliphatic carbocycles. The summed E-state index contributed by atoms with van der Waals surface area (Å²) in [5, 5.41) is 7.72. The molecule has 2 aliphatic rings. The van der Waals surface area contributed by atoms with Crippen LogP contribution in [0.25, 0.3) is 10.8 Å². The Morgan fingerprint density at radius 1 is 1.24 bits per heavy atom. The predicted octanol–water partition coefficient (Wildman–Crippen LogP) is 1.17. The summed E-state index contributed by atoms with van der Waals surface area (Å²) in [4.78, 5) is 39.4. The van der Waals surface area contributed by atoms with Crippen molar-refractivity contribution >= 4 is 50.0 Å². The molecule has 2 aromatic rings. The molecule has 12 heteroatoms. The van der Waals surface area contributed by atoms with Crippen LogP contribution in [0.2, 0.25) is 5.02 Å². The summed E-state index contributed by atoms with van der Waals surface area (Å²) in [7, 11) is -4.12. The fourth-order valence-electron chi connectivity index (χ4n) is 4.79. The molecule has 37 heavy (non-hydrogen) atoms. The van der Waals surface area contributed by atoms with Crippen molar-refractivity contribution in [2.75, 3.05) is 39.3 Å². The Kier molecular flexibility index (Phi) is 8.49. The first-order valence-electron chi connectivity index (χ1n) is 12.2. The number of hydrogen-bond donors (Lipinski definition) is 2. The molecule has 2 saturated heterocycles. The van der Waals surface area contributed by atoms with E-state index in [0.29, 0.717) is 30.1 Å². The molecule has 3 atom stereocenters. The quantitative estimate of drug-likeness (QED) is 0.480. The van der Waals surface area contributed by atoms with Gasteiger partial charge in [-0.05, 0) is 48.4 Å². The molecule has 2 fully saturated rings. The van der Waals surface area contributed by atoms with Crippen molar-refractivity contribution in [3.05, 3.63) is 41.4 Å². The second-order valence-corrected chi connectivity index (χ2v) is 11.6. The van der Waals surface area contributed by atoms with Gasteiger partial charge in [0, 0.05) is 44.7 Å². The highest BCUT2D eigenvalue weighted by atomic mass is 35.5. The van der Waals surface area contributed by atoms with Crippen molar-refractivity contribution in [1.82, 2.24) is 19.8 Å². The van der Waals surface area contributed by atoms with Crippen molar-refractivity contribution in [1.29, 1.82) is 0 Å². The van der Waals surface area contributed by atoms with E-state index in [1.807, 2.05) is 0 Å². The van der Waals surface area contributed by atoms with E-state index in [9.17, 15) is 22.8 Å². The van der Waals surface area contributed by atoms with Crippen LogP contribution in [0.3, 0.4) is 0 Å². The number of morpholine rings is 1. The highest BCUT2D eigenvalue weighted by molar-refractivity contribution is 7.89. The fourth-order valence-corrected chi connectivity index (χ4v) is 6.61. The normalized spacial score (nSPS) is 21.4. The van der Waals surface area contributed by atoms with Crippen LogP contribution in [0.15, 0.2) is 41.3 Å². The summed E-state index contributed by atoms with van der Waals surface area (Å²) >= 11 is 6.06. The van der Waals surface area contributed by atoms with Gasteiger partial charge >= 0.3 is 0 Å². The molecule has 0 aromatic heterocycles. The molecule has 10 nitrogen and oxygen atoms in total. The zero-order valence-electron chi connectivity index (χ0n) is 20.8. The van der Waals surface area contributed by atoms with Gasteiger partial charge in [-0.2, -0.15) is 4.31 Å². The first kappa shape index (κ1) is 27.5. The van der Waals surface area contributed by atoms with Crippen molar-refractivity contribution in [2.45, 2.75) is 43.4 Å². The van der Waals surface area contributed by atoms with Crippen LogP contribution in [0.4, 0.5) is 0 Å². The minimum Gasteiger partial charge on any atom is -0.368 e. The summed E-state index contributed by atoms with van der Waals surface area (Å²) in [5.41, 5.74) is 0. The maximum absolute atomic E-state index is 13.8. The molecule has 2 N–H and O–H groups in total. The number of likely N-dealkylation sites (tertiary alicyclic amines) is 1. The van der Waals surface area contributed by atoms with Crippen LogP contribution in [-0.4, -0.2) is 92.7 Å². The van der Waals surface area contributed by atoms with Crippen LogP contribution >= 0.6 is 11.6 Å². The molecule has 2 aromatic carbocycles. The number of benzene rings is 2. The number of carbonyl (C=O) groups is 3. The zero-order chi connectivity index (χ0) is 26.7. The average Bonchev–Trinajstić information content (AvgIpc) is 3.26. The maximum Gasteiger partial charge on any atom is 0.243 e. The maximum atomic E-state index is 13.8. The van der Waals surface area contributed by atoms with Gasteiger partial charge in [-0.25, -0.2) is 8.42 Å². The molecular formula is C25H31ClN4O6S. The molecule has 0 saturated carbocycles. The Bertz CT molecular complexity index is 1300. The van der Waals surface area contributed by atoms with E-state index in [1.165, 1.54) is 17.9 Å². The summed E-state index contributed by atoms with van der Waals surface area (Å²) in [5.74, 6) is -0.967. The standard InChI is InChI=1S/C25H31ClN4O6S/c1-16(24(32)23-15-27-9-12-36-23)29-10-7-22(25(29)33)30(11-8-28-17(2)31)37(34,35)21-6-4-18-13-20(26)5-3-19(18)14-21/h3-6,13-14,16,22-23,27H,7-12,15H2,1-2H3,(H,28,31)/t16-,22-,23?/m0/s1. The topological polar surface area (TPSA) is 125 Å². The average molecular weight is 551 g/mol. The lowest BCUT2D eigenvalue weighted by Gasteiger charge is -2.31. The van der Waals surface area contributed by atoms with Gasteiger partial charge in [-0.3, -0.25) is 14.4 Å². The summed E-state index contributed by atoms with van der Waals surface area (Å²) in [6.45, 7) is 4.60. The minimum absolute atomic E-state index is 0.0298. The van der Waals surface area contributed by atoms with Crippen molar-refractivity contribution < 1.29 is 27.5 Å². The number of ether oxygens (including phenoxy) is 1. The first-order chi connectivity index (χ1) is 17.6. The number of amides is 2. The third-order valence-electron chi connectivity index (χ3n) is 6.77. The van der Waals surface area contributed by atoms with E-state index in [-0.39, 0.29) is 42.6 Å². The first-order valence-corrected chi connectivity index (χ1v) is 14.0. The number of halogens is 1. The Labute approximate surface area is 221 Å². The minimum atomic E-state index is -4.12. The molecule has 0 radical (unpaired) electrons. The third-order valence-corrected chi connectivity index (χ3v) is 8.91. The molecule has 4 rings (SSSR count). The molecule has 2 amide bonds. The molecule has 0 spiro atoms. The van der Waals surface area contributed by atoms with Gasteiger partial charge in [-0.15, -0.1) is 0 Å². The molecule has 0 bridgehead atoms. The van der Waals surface area contributed by atoms with E-state index >= 15 is 0 Å². The second kappa shape index (κ2) is 11.4. The summed E-state index contributed by atoms with van der Waals surface area (Å²) in [6.07, 6.45) is -0.427. The lowest BCUT2D eigenvalue weighted by Crippen LogP contribution is -2.53. The van der Waals surface area contributed by atoms with Gasteiger partial charge in [0.05, 0.1) is 17.5 Å². The largest absolute Gasteiger partial charge is 0.368 e. The van der Waals surface area contributed by atoms with Crippen LogP contribution < -0.4 is 10.6 Å². The second-order valence-electron chi connectivity index (χ2n) is 9.23. The molecule has 2 aliphatic heterocycles. The third kappa shape index (κ3) is 5.96. The van der Waals surface area contributed by atoms with Gasteiger partial charge in [0.2, 0.25) is 21.8 Å². The van der Waals surface area contributed by atoms with Gasteiger partial charge in [0.25, 0.3) is 0 Å². The molecule has 2 heterocycles. The molecule has 1 unspecified atom stereocenters. The van der Waals surface area contributed by atoms with E-state index in [2.05, 4.69) is 10.6 Å². The number of hydrogen-bond acceptors (Lipinski definition) is 7.